The van der Waals surface area contributed by atoms with E-state index in [1.165, 1.54) is 11.1 Å². The molecule has 3 aliphatic carbocycles. The van der Waals surface area contributed by atoms with Crippen molar-refractivity contribution in [1.82, 2.24) is 0 Å². The van der Waals surface area contributed by atoms with Gasteiger partial charge in [0.05, 0.1) is 23.7 Å². The zero-order valence-corrected chi connectivity index (χ0v) is 42.0. The molecule has 2 aliphatic heterocycles. The SMILES string of the molecule is CC(C)(c1ccc(Oc2ccc(N)cc2)cc1)c1ccc(Oc2ccc(N)cc2)cc1.Nc1ccc(Oc2ccc(-c3ccc(Oc4ccc(N)cc4)cc3)cc2)cc1.O=C1OC(=O)C2C3C=CC(C12)C1C(=O)OC(=O)C31. The molecule has 2 bridgehead atoms. The van der Waals surface area contributed by atoms with Gasteiger partial charge in [0.25, 0.3) is 0 Å². The van der Waals surface area contributed by atoms with E-state index in [4.69, 9.17) is 41.9 Å². The van der Waals surface area contributed by atoms with Gasteiger partial charge in [-0.25, -0.2) is 0 Å². The summed E-state index contributed by atoms with van der Waals surface area (Å²) in [6.45, 7) is 4.41. The second-order valence-corrected chi connectivity index (χ2v) is 19.5. The van der Waals surface area contributed by atoms with Gasteiger partial charge in [-0.3, -0.25) is 19.2 Å². The summed E-state index contributed by atoms with van der Waals surface area (Å²) >= 11 is 0. The number of hydrogen-bond acceptors (Lipinski definition) is 14. The van der Waals surface area contributed by atoms with Gasteiger partial charge in [0, 0.05) is 40.0 Å². The zero-order chi connectivity index (χ0) is 53.8. The molecule has 14 heteroatoms. The molecular weight excluding hydrogens is 973 g/mol. The second kappa shape index (κ2) is 21.6. The van der Waals surface area contributed by atoms with E-state index in [1.54, 1.807) is 12.2 Å². The molecule has 13 rings (SSSR count). The third-order valence-corrected chi connectivity index (χ3v) is 14.1. The number of carbonyl (C=O) groups excluding carboxylic acids is 4. The van der Waals surface area contributed by atoms with Crippen molar-refractivity contribution in [3.05, 3.63) is 217 Å². The molecule has 3 fully saturated rings. The Labute approximate surface area is 444 Å². The number of carbonyl (C=O) groups is 4. The van der Waals surface area contributed by atoms with Crippen molar-refractivity contribution >= 4 is 46.6 Å². The Morgan fingerprint density at radius 1 is 0.312 bits per heavy atom. The lowest BCUT2D eigenvalue weighted by atomic mass is 9.54. The van der Waals surface area contributed by atoms with E-state index in [1.807, 2.05) is 170 Å². The van der Waals surface area contributed by atoms with Crippen LogP contribution in [0, 0.1) is 35.5 Å². The number of hydrogen-bond donors (Lipinski definition) is 4. The molecule has 4 atom stereocenters. The molecule has 8 aromatic carbocycles. The topological polar surface area (TPSA) is 228 Å². The van der Waals surface area contributed by atoms with E-state index in [2.05, 4.69) is 47.6 Å². The van der Waals surface area contributed by atoms with Crippen molar-refractivity contribution in [2.24, 2.45) is 35.5 Å². The first-order valence-electron chi connectivity index (χ1n) is 24.9. The van der Waals surface area contributed by atoms with Crippen molar-refractivity contribution in [1.29, 1.82) is 0 Å². The van der Waals surface area contributed by atoms with E-state index in [-0.39, 0.29) is 5.41 Å². The highest BCUT2D eigenvalue weighted by atomic mass is 16.6. The van der Waals surface area contributed by atoms with Crippen molar-refractivity contribution in [3.63, 3.8) is 0 Å². The van der Waals surface area contributed by atoms with Gasteiger partial charge in [-0.15, -0.1) is 0 Å². The van der Waals surface area contributed by atoms with Gasteiger partial charge in [0.2, 0.25) is 0 Å². The highest BCUT2D eigenvalue weighted by Crippen LogP contribution is 2.57. The first kappa shape index (κ1) is 50.7. The monoisotopic (exact) mass is 1030 g/mol. The predicted molar refractivity (Wildman–Crippen MR) is 293 cm³/mol. The molecule has 5 aliphatic rings. The average molecular weight is 1030 g/mol. The maximum Gasteiger partial charge on any atom is 0.318 e. The average Bonchev–Trinajstić information content (AvgIpc) is 4.06. The summed E-state index contributed by atoms with van der Waals surface area (Å²) in [7, 11) is 0. The van der Waals surface area contributed by atoms with Gasteiger partial charge in [0.1, 0.15) is 46.0 Å². The van der Waals surface area contributed by atoms with Gasteiger partial charge in [-0.05, 0) is 168 Å². The van der Waals surface area contributed by atoms with Crippen molar-refractivity contribution in [3.8, 4) is 57.1 Å². The number of benzene rings is 8. The van der Waals surface area contributed by atoms with Crippen LogP contribution in [0.1, 0.15) is 25.0 Å². The first-order valence-corrected chi connectivity index (χ1v) is 24.9. The second-order valence-electron chi connectivity index (χ2n) is 19.5. The van der Waals surface area contributed by atoms with Gasteiger partial charge in [0.15, 0.2) is 0 Å². The molecule has 386 valence electrons. The van der Waals surface area contributed by atoms with Crippen LogP contribution >= 0.6 is 0 Å². The molecule has 0 spiro atoms. The molecule has 2 heterocycles. The molecule has 8 N–H and O–H groups in total. The highest BCUT2D eigenvalue weighted by Gasteiger charge is 2.67. The van der Waals surface area contributed by atoms with Crippen molar-refractivity contribution in [2.75, 3.05) is 22.9 Å². The van der Waals surface area contributed by atoms with E-state index >= 15 is 0 Å². The minimum absolute atomic E-state index is 0.167. The molecule has 14 nitrogen and oxygen atoms in total. The summed E-state index contributed by atoms with van der Waals surface area (Å²) in [6, 6.07) is 61.7. The third kappa shape index (κ3) is 11.3. The maximum absolute atomic E-state index is 11.7. The lowest BCUT2D eigenvalue weighted by molar-refractivity contribution is -0.154. The van der Waals surface area contributed by atoms with E-state index < -0.39 is 59.4 Å². The summed E-state index contributed by atoms with van der Waals surface area (Å²) in [4.78, 5) is 46.7. The van der Waals surface area contributed by atoms with Crippen LogP contribution in [0.2, 0.25) is 0 Å². The van der Waals surface area contributed by atoms with Gasteiger partial charge < -0.3 is 51.4 Å². The highest BCUT2D eigenvalue weighted by molar-refractivity contribution is 6.03. The standard InChI is InChI=1S/C27H26N2O2.C24H20N2O2.C12H8O6/c1-27(2,19-3-11-23(12-4-19)30-25-15-7-21(28)8-16-25)20-5-13-24(14-6-20)31-26-17-9-22(29)10-18-26;25-19-5-13-23(14-6-19)27-21-9-1-17(2-10-21)18-3-11-22(12-4-18)28-24-15-7-20(26)8-16-24;13-9-5-3-1-2-4(7(5)11(15)17-9)8-6(3)10(14)18-12(8)16/h3-18H,28-29H2,1-2H3;1-16H,25-26H2;1-8H. The Hall–Kier alpha value is -9.82. The molecule has 0 aromatic heterocycles. The smallest absolute Gasteiger partial charge is 0.318 e. The van der Waals surface area contributed by atoms with Crippen LogP contribution in [0.3, 0.4) is 0 Å². The maximum atomic E-state index is 11.7. The molecule has 77 heavy (non-hydrogen) atoms. The third-order valence-electron chi connectivity index (χ3n) is 14.1. The van der Waals surface area contributed by atoms with Crippen molar-refractivity contribution in [2.45, 2.75) is 19.3 Å². The molecular formula is C63H54N4O10. The predicted octanol–water partition coefficient (Wildman–Crippen LogP) is 12.3. The Bertz CT molecular complexity index is 3170. The Morgan fingerprint density at radius 2 is 0.506 bits per heavy atom. The number of nitrogen functional groups attached to an aromatic ring is 4. The summed E-state index contributed by atoms with van der Waals surface area (Å²) in [5.41, 5.74) is 30.1. The largest absolute Gasteiger partial charge is 0.457 e. The number of allylic oxidation sites excluding steroid dienone is 2. The van der Waals surface area contributed by atoms with Crippen LogP contribution in [0.5, 0.6) is 46.0 Å². The van der Waals surface area contributed by atoms with Crippen LogP contribution in [0.25, 0.3) is 11.1 Å². The summed E-state index contributed by atoms with van der Waals surface area (Å²) in [6.07, 6.45) is 3.49. The molecule has 1 saturated carbocycles. The number of esters is 4. The fourth-order valence-electron chi connectivity index (χ4n) is 9.99. The lowest BCUT2D eigenvalue weighted by Gasteiger charge is -2.42. The van der Waals surface area contributed by atoms with Crippen LogP contribution in [-0.4, -0.2) is 23.9 Å². The van der Waals surface area contributed by atoms with Crippen LogP contribution in [0.15, 0.2) is 206 Å². The minimum Gasteiger partial charge on any atom is -0.457 e. The summed E-state index contributed by atoms with van der Waals surface area (Å²) < 4.78 is 32.8. The number of nitrogens with two attached hydrogens (primary N) is 4. The molecule has 0 amide bonds. The Kier molecular flexibility index (Phi) is 14.2. The number of rotatable bonds is 11. The van der Waals surface area contributed by atoms with Crippen LogP contribution < -0.4 is 41.9 Å². The lowest BCUT2D eigenvalue weighted by Crippen LogP contribution is -2.50. The zero-order valence-electron chi connectivity index (χ0n) is 42.0. The molecule has 2 saturated heterocycles. The Balaban J connectivity index is 0.000000135. The van der Waals surface area contributed by atoms with E-state index in [0.29, 0.717) is 22.7 Å². The Morgan fingerprint density at radius 3 is 0.727 bits per heavy atom. The minimum atomic E-state index is -0.632. The fraction of sp³-hybridized carbons (Fsp3) is 0.143. The van der Waals surface area contributed by atoms with E-state index in [0.717, 1.165) is 57.1 Å². The molecule has 0 radical (unpaired) electrons. The number of cyclic esters (lactones) is 4. The normalized spacial score (nSPS) is 19.5. The summed E-state index contributed by atoms with van der Waals surface area (Å²) in [5.74, 6) is 0.370. The van der Waals surface area contributed by atoms with Crippen LogP contribution in [0.4, 0.5) is 22.7 Å². The quantitative estimate of drug-likeness (QED) is 0.0409. The number of ether oxygens (including phenoxy) is 6. The fourth-order valence-corrected chi connectivity index (χ4v) is 9.99. The van der Waals surface area contributed by atoms with Gasteiger partial charge >= 0.3 is 23.9 Å². The molecule has 4 unspecified atom stereocenters. The van der Waals surface area contributed by atoms with Gasteiger partial charge in [-0.1, -0.05) is 74.5 Å². The number of anilines is 4. The summed E-state index contributed by atoms with van der Waals surface area (Å²) in [5, 5.41) is 0. The first-order chi connectivity index (χ1) is 37.1. The van der Waals surface area contributed by atoms with Crippen molar-refractivity contribution < 1.29 is 47.6 Å². The van der Waals surface area contributed by atoms with Gasteiger partial charge in [-0.2, -0.15) is 0 Å². The van der Waals surface area contributed by atoms with Crippen LogP contribution in [-0.2, 0) is 34.1 Å². The molecule has 8 aromatic rings. The van der Waals surface area contributed by atoms with E-state index in [9.17, 15) is 19.2 Å².